The first-order chi connectivity index (χ1) is 16.7. The number of rotatable bonds is 8. The summed E-state index contributed by atoms with van der Waals surface area (Å²) in [5.74, 6) is 0. The summed E-state index contributed by atoms with van der Waals surface area (Å²) in [6.07, 6.45) is 11.0. The highest BCUT2D eigenvalue weighted by molar-refractivity contribution is 5.79. The highest BCUT2D eigenvalue weighted by Gasteiger charge is 2.22. The number of hydrogen-bond acceptors (Lipinski definition) is 5. The molecule has 1 unspecified atom stereocenters. The molecule has 1 N–H and O–H groups in total. The summed E-state index contributed by atoms with van der Waals surface area (Å²) in [4.78, 5) is 12.6. The van der Waals surface area contributed by atoms with Gasteiger partial charge in [-0.2, -0.15) is 0 Å². The van der Waals surface area contributed by atoms with Gasteiger partial charge >= 0.3 is 0 Å². The number of aromatic amines is 1. The number of likely N-dealkylation sites (N-methyl/N-ethyl adjacent to an activating group) is 1. The Morgan fingerprint density at radius 1 is 1.03 bits per heavy atom. The number of piperazine rings is 1. The fourth-order valence-electron chi connectivity index (χ4n) is 4.74. The fourth-order valence-corrected chi connectivity index (χ4v) is 4.74. The van der Waals surface area contributed by atoms with E-state index in [1.54, 1.807) is 7.11 Å². The minimum Gasteiger partial charge on any atom is -0.374 e. The Bertz CT molecular complexity index is 1140. The zero-order chi connectivity index (χ0) is 23.3. The number of H-pyrrole nitrogens is 1. The number of hydrogen-bond donors (Lipinski definition) is 1. The number of allylic oxidation sites excluding steroid dienone is 2. The molecule has 2 aliphatic rings. The van der Waals surface area contributed by atoms with Gasteiger partial charge in [0.2, 0.25) is 0 Å². The van der Waals surface area contributed by atoms with Crippen LogP contribution in [0.15, 0.2) is 72.6 Å². The maximum absolute atomic E-state index is 6.24. The van der Waals surface area contributed by atoms with Crippen molar-refractivity contribution < 1.29 is 9.47 Å². The molecule has 0 saturated carbocycles. The number of benzene rings is 1. The van der Waals surface area contributed by atoms with E-state index in [2.05, 4.69) is 75.4 Å². The number of nitrogens with zero attached hydrogens (tertiary/aromatic N) is 3. The van der Waals surface area contributed by atoms with E-state index in [4.69, 9.17) is 9.47 Å². The van der Waals surface area contributed by atoms with Crippen LogP contribution in [0.4, 0.5) is 0 Å². The van der Waals surface area contributed by atoms with E-state index >= 15 is 0 Å². The quantitative estimate of drug-likeness (QED) is 0.554. The lowest BCUT2D eigenvalue weighted by molar-refractivity contribution is -0.0190. The van der Waals surface area contributed by atoms with Gasteiger partial charge in [0.25, 0.3) is 0 Å². The summed E-state index contributed by atoms with van der Waals surface area (Å²) in [5, 5.41) is 1.17. The molecule has 1 fully saturated rings. The summed E-state index contributed by atoms with van der Waals surface area (Å²) >= 11 is 0. The SMILES string of the molecule is CO[C@H]1C=C(Cc2c[nH]c3ncccc23)C=CC1OCc1ccc(CN2CCN(C)CC2)cc1. The normalized spacial score (nSPS) is 21.8. The van der Waals surface area contributed by atoms with Crippen molar-refractivity contribution in [3.8, 4) is 0 Å². The van der Waals surface area contributed by atoms with Gasteiger partial charge in [-0.3, -0.25) is 4.90 Å². The van der Waals surface area contributed by atoms with Crippen molar-refractivity contribution >= 4 is 11.0 Å². The molecule has 6 nitrogen and oxygen atoms in total. The molecule has 5 rings (SSSR count). The largest absolute Gasteiger partial charge is 0.374 e. The van der Waals surface area contributed by atoms with Crippen molar-refractivity contribution in [1.82, 2.24) is 19.8 Å². The third-order valence-corrected chi connectivity index (χ3v) is 6.87. The van der Waals surface area contributed by atoms with Gasteiger partial charge in [-0.15, -0.1) is 0 Å². The Balaban J connectivity index is 1.15. The molecule has 0 spiro atoms. The lowest BCUT2D eigenvalue weighted by Crippen LogP contribution is -2.43. The van der Waals surface area contributed by atoms with Crippen molar-refractivity contribution in [2.45, 2.75) is 31.8 Å². The van der Waals surface area contributed by atoms with E-state index in [0.717, 1.165) is 44.8 Å². The zero-order valence-corrected chi connectivity index (χ0v) is 20.1. The number of fused-ring (bicyclic) bond motifs is 1. The standard InChI is InChI=1S/C28H34N4O2/c1-31-12-14-32(15-13-31)19-21-5-7-22(8-6-21)20-34-26-10-9-23(17-27(26)33-2)16-24-18-30-28-25(24)4-3-11-29-28/h3-11,17-18,26-27H,12-16,19-20H2,1-2H3,(H,29,30)/t26?,27-/m0/s1. The van der Waals surface area contributed by atoms with Crippen LogP contribution < -0.4 is 0 Å². The van der Waals surface area contributed by atoms with Crippen LogP contribution in [0.1, 0.15) is 16.7 Å². The van der Waals surface area contributed by atoms with Crippen molar-refractivity contribution in [3.63, 3.8) is 0 Å². The van der Waals surface area contributed by atoms with Crippen molar-refractivity contribution in [2.75, 3.05) is 40.3 Å². The molecule has 1 saturated heterocycles. The third kappa shape index (κ3) is 5.47. The van der Waals surface area contributed by atoms with Crippen LogP contribution in [0.2, 0.25) is 0 Å². The summed E-state index contributed by atoms with van der Waals surface area (Å²) in [7, 11) is 3.94. The first-order valence-corrected chi connectivity index (χ1v) is 12.1. The second-order valence-electron chi connectivity index (χ2n) is 9.36. The van der Waals surface area contributed by atoms with E-state index in [1.165, 1.54) is 27.6 Å². The summed E-state index contributed by atoms with van der Waals surface area (Å²) in [6, 6.07) is 12.9. The molecule has 2 atom stereocenters. The smallest absolute Gasteiger partial charge is 0.137 e. The van der Waals surface area contributed by atoms with Crippen molar-refractivity contribution in [2.24, 2.45) is 0 Å². The molecule has 1 aliphatic heterocycles. The van der Waals surface area contributed by atoms with Crippen LogP contribution in [0, 0.1) is 0 Å². The van der Waals surface area contributed by atoms with Crippen molar-refractivity contribution in [1.29, 1.82) is 0 Å². The van der Waals surface area contributed by atoms with E-state index in [1.807, 2.05) is 18.5 Å². The Hall–Kier alpha value is -2.77. The molecule has 1 aromatic carbocycles. The van der Waals surface area contributed by atoms with Crippen LogP contribution in [0.5, 0.6) is 0 Å². The molecule has 178 valence electrons. The van der Waals surface area contributed by atoms with Gasteiger partial charge in [-0.1, -0.05) is 36.4 Å². The number of pyridine rings is 1. The second-order valence-corrected chi connectivity index (χ2v) is 9.36. The predicted molar refractivity (Wildman–Crippen MR) is 136 cm³/mol. The van der Waals surface area contributed by atoms with E-state index < -0.39 is 0 Å². The number of ether oxygens (including phenoxy) is 2. The summed E-state index contributed by atoms with van der Waals surface area (Å²) < 4.78 is 12.0. The maximum Gasteiger partial charge on any atom is 0.137 e. The van der Waals surface area contributed by atoms with Crippen LogP contribution in [-0.4, -0.2) is 72.3 Å². The minimum absolute atomic E-state index is 0.0941. The predicted octanol–water partition coefficient (Wildman–Crippen LogP) is 3.95. The van der Waals surface area contributed by atoms with Crippen molar-refractivity contribution in [3.05, 3.63) is 89.3 Å². The molecule has 2 aromatic heterocycles. The van der Waals surface area contributed by atoms with Crippen LogP contribution in [-0.2, 0) is 29.0 Å². The average molecular weight is 459 g/mol. The van der Waals surface area contributed by atoms with E-state index in [9.17, 15) is 0 Å². The molecule has 1 aliphatic carbocycles. The van der Waals surface area contributed by atoms with Gasteiger partial charge in [-0.25, -0.2) is 4.98 Å². The van der Waals surface area contributed by atoms with Crippen LogP contribution in [0.3, 0.4) is 0 Å². The average Bonchev–Trinajstić information content (AvgIpc) is 3.28. The number of methoxy groups -OCH3 is 1. The van der Waals surface area contributed by atoms with Gasteiger partial charge < -0.3 is 19.4 Å². The summed E-state index contributed by atoms with van der Waals surface area (Å²) in [6.45, 7) is 6.17. The molecule has 0 radical (unpaired) electrons. The van der Waals surface area contributed by atoms with E-state index in [0.29, 0.717) is 6.61 Å². The Morgan fingerprint density at radius 2 is 1.82 bits per heavy atom. The maximum atomic E-state index is 6.24. The first kappa shape index (κ1) is 23.0. The molecular formula is C28H34N4O2. The Kier molecular flexibility index (Phi) is 7.21. The molecule has 0 amide bonds. The third-order valence-electron chi connectivity index (χ3n) is 6.87. The van der Waals surface area contributed by atoms with E-state index in [-0.39, 0.29) is 12.2 Å². The monoisotopic (exact) mass is 458 g/mol. The van der Waals surface area contributed by atoms with Gasteiger partial charge in [-0.05, 0) is 53.9 Å². The van der Waals surface area contributed by atoms with Gasteiger partial charge in [0, 0.05) is 57.6 Å². The topological polar surface area (TPSA) is 53.6 Å². The second kappa shape index (κ2) is 10.7. The highest BCUT2D eigenvalue weighted by atomic mass is 16.5. The lowest BCUT2D eigenvalue weighted by atomic mass is 9.96. The molecule has 3 heterocycles. The zero-order valence-electron chi connectivity index (χ0n) is 20.1. The number of nitrogens with one attached hydrogen (secondary N) is 1. The molecule has 0 bridgehead atoms. The number of aromatic nitrogens is 2. The summed E-state index contributed by atoms with van der Waals surface area (Å²) in [5.41, 5.74) is 5.94. The molecule has 6 heteroatoms. The van der Waals surface area contributed by atoms with Gasteiger partial charge in [0.1, 0.15) is 17.9 Å². The molecule has 34 heavy (non-hydrogen) atoms. The minimum atomic E-state index is -0.0974. The Labute approximate surface area is 201 Å². The first-order valence-electron chi connectivity index (χ1n) is 12.1. The van der Waals surface area contributed by atoms with Gasteiger partial charge in [0.05, 0.1) is 6.61 Å². The Morgan fingerprint density at radius 3 is 2.62 bits per heavy atom. The highest BCUT2D eigenvalue weighted by Crippen LogP contribution is 2.24. The van der Waals surface area contributed by atoms with Crippen LogP contribution in [0.25, 0.3) is 11.0 Å². The van der Waals surface area contributed by atoms with Crippen LogP contribution >= 0.6 is 0 Å². The fraction of sp³-hybridized carbons (Fsp3) is 0.393. The van der Waals surface area contributed by atoms with Gasteiger partial charge in [0.15, 0.2) is 0 Å². The molecular weight excluding hydrogens is 424 g/mol. The molecule has 3 aromatic rings. The lowest BCUT2D eigenvalue weighted by Gasteiger charge is -2.32.